The number of rotatable bonds is 2. The lowest BCUT2D eigenvalue weighted by Crippen LogP contribution is -2.48. The van der Waals surface area contributed by atoms with Crippen molar-refractivity contribution in [1.29, 1.82) is 0 Å². The van der Waals surface area contributed by atoms with Crippen LogP contribution in [0.5, 0.6) is 0 Å². The van der Waals surface area contributed by atoms with Crippen molar-refractivity contribution in [2.75, 3.05) is 13.7 Å². The van der Waals surface area contributed by atoms with Crippen LogP contribution in [-0.4, -0.2) is 37.1 Å². The molecule has 86 valence electrons. The Bertz CT molecular complexity index is 272. The molecule has 3 heteroatoms. The number of ether oxygens (including phenoxy) is 3. The first-order valence-electron chi connectivity index (χ1n) is 5.97. The second kappa shape index (κ2) is 2.96. The van der Waals surface area contributed by atoms with E-state index in [2.05, 4.69) is 13.8 Å². The highest BCUT2D eigenvalue weighted by atomic mass is 16.6. The first-order valence-corrected chi connectivity index (χ1v) is 5.97. The van der Waals surface area contributed by atoms with Crippen molar-refractivity contribution in [2.45, 2.75) is 56.5 Å². The fraction of sp³-hybridized carbons (Fsp3) is 1.00. The fourth-order valence-corrected chi connectivity index (χ4v) is 3.50. The van der Waals surface area contributed by atoms with Gasteiger partial charge in [0, 0.05) is 13.0 Å². The van der Waals surface area contributed by atoms with Crippen LogP contribution in [0.25, 0.3) is 0 Å². The predicted molar refractivity (Wildman–Crippen MR) is 55.8 cm³/mol. The fourth-order valence-electron chi connectivity index (χ4n) is 3.50. The zero-order valence-electron chi connectivity index (χ0n) is 9.79. The number of epoxide rings is 2. The average molecular weight is 212 g/mol. The molecule has 5 atom stereocenters. The molecule has 0 bridgehead atoms. The van der Waals surface area contributed by atoms with Crippen LogP contribution in [0.3, 0.4) is 0 Å². The van der Waals surface area contributed by atoms with E-state index in [1.54, 1.807) is 0 Å². The summed E-state index contributed by atoms with van der Waals surface area (Å²) in [7, 11) is 1.81. The summed E-state index contributed by atoms with van der Waals surface area (Å²) < 4.78 is 17.2. The summed E-state index contributed by atoms with van der Waals surface area (Å²) >= 11 is 0. The quantitative estimate of drug-likeness (QED) is 0.654. The maximum absolute atomic E-state index is 5.79. The van der Waals surface area contributed by atoms with Crippen LogP contribution >= 0.6 is 0 Å². The summed E-state index contributed by atoms with van der Waals surface area (Å²) in [6.07, 6.45) is 4.23. The van der Waals surface area contributed by atoms with Gasteiger partial charge in [0.25, 0.3) is 0 Å². The van der Waals surface area contributed by atoms with Gasteiger partial charge in [-0.3, -0.25) is 0 Å². The van der Waals surface area contributed by atoms with E-state index in [0.29, 0.717) is 18.1 Å². The van der Waals surface area contributed by atoms with Crippen molar-refractivity contribution in [3.63, 3.8) is 0 Å². The Morgan fingerprint density at radius 2 is 2.07 bits per heavy atom. The van der Waals surface area contributed by atoms with Crippen molar-refractivity contribution in [1.82, 2.24) is 0 Å². The summed E-state index contributed by atoms with van der Waals surface area (Å²) in [5.41, 5.74) is 0.0933. The summed E-state index contributed by atoms with van der Waals surface area (Å²) in [6, 6.07) is 0. The first-order chi connectivity index (χ1) is 7.12. The summed E-state index contributed by atoms with van der Waals surface area (Å²) in [6.45, 7) is 5.27. The molecule has 3 fully saturated rings. The van der Waals surface area contributed by atoms with Crippen LogP contribution in [0.15, 0.2) is 0 Å². The van der Waals surface area contributed by atoms with Gasteiger partial charge in [0.05, 0.1) is 30.0 Å². The normalized spacial score (nSPS) is 58.2. The van der Waals surface area contributed by atoms with E-state index in [9.17, 15) is 0 Å². The second-order valence-corrected chi connectivity index (χ2v) is 5.44. The summed E-state index contributed by atoms with van der Waals surface area (Å²) in [5.74, 6) is 0.429. The summed E-state index contributed by atoms with van der Waals surface area (Å²) in [4.78, 5) is 0. The van der Waals surface area contributed by atoms with Crippen LogP contribution < -0.4 is 0 Å². The molecule has 2 aliphatic heterocycles. The Labute approximate surface area is 91.1 Å². The second-order valence-electron chi connectivity index (χ2n) is 5.44. The Hall–Kier alpha value is -0.120. The van der Waals surface area contributed by atoms with Gasteiger partial charge in [-0.1, -0.05) is 0 Å². The molecule has 3 nitrogen and oxygen atoms in total. The molecule has 0 amide bonds. The number of methoxy groups -OCH3 is 1. The third kappa shape index (κ3) is 1.30. The maximum atomic E-state index is 5.79. The van der Waals surface area contributed by atoms with Crippen molar-refractivity contribution in [3.8, 4) is 0 Å². The van der Waals surface area contributed by atoms with E-state index in [1.807, 2.05) is 7.11 Å². The van der Waals surface area contributed by atoms with E-state index >= 15 is 0 Å². The number of hydrogen-bond acceptors (Lipinski definition) is 3. The molecule has 1 spiro atoms. The topological polar surface area (TPSA) is 34.3 Å². The largest absolute Gasteiger partial charge is 0.381 e. The van der Waals surface area contributed by atoms with Gasteiger partial charge >= 0.3 is 0 Å². The highest BCUT2D eigenvalue weighted by Gasteiger charge is 2.69. The molecule has 0 N–H and O–H groups in total. The van der Waals surface area contributed by atoms with E-state index in [4.69, 9.17) is 14.2 Å². The molecule has 0 aromatic rings. The lowest BCUT2D eigenvalue weighted by molar-refractivity contribution is -0.0492. The third-order valence-electron chi connectivity index (χ3n) is 4.64. The SMILES string of the molecule is CO[C@@H]1CCC[C@]2(CO2)[C@H]1[C@@]1(C)O[C@@H]1C. The monoisotopic (exact) mass is 212 g/mol. The highest BCUT2D eigenvalue weighted by Crippen LogP contribution is 2.58. The van der Waals surface area contributed by atoms with E-state index < -0.39 is 0 Å². The zero-order chi connectivity index (χ0) is 10.7. The number of hydrogen-bond donors (Lipinski definition) is 0. The smallest absolute Gasteiger partial charge is 0.0998 e. The lowest BCUT2D eigenvalue weighted by atomic mass is 9.70. The Balaban J connectivity index is 1.87. The molecular weight excluding hydrogens is 192 g/mol. The minimum absolute atomic E-state index is 0.00238. The molecule has 2 heterocycles. The minimum atomic E-state index is -0.00238. The maximum Gasteiger partial charge on any atom is 0.0998 e. The Kier molecular flexibility index (Phi) is 1.99. The van der Waals surface area contributed by atoms with Crippen molar-refractivity contribution < 1.29 is 14.2 Å². The van der Waals surface area contributed by atoms with Gasteiger partial charge in [-0.2, -0.15) is 0 Å². The zero-order valence-corrected chi connectivity index (χ0v) is 9.79. The van der Waals surface area contributed by atoms with E-state index in [-0.39, 0.29) is 11.2 Å². The standard InChI is InChI=1S/C12H20O3/c1-8-11(2,15-8)10-9(13-3)5-4-6-12(10)7-14-12/h8-10H,4-7H2,1-3H3/t8-,9-,10-,11+,12+/m1/s1. The first kappa shape index (κ1) is 10.1. The average Bonchev–Trinajstić information content (AvgIpc) is 3.09. The van der Waals surface area contributed by atoms with Gasteiger partial charge in [-0.15, -0.1) is 0 Å². The van der Waals surface area contributed by atoms with Gasteiger partial charge in [0.2, 0.25) is 0 Å². The Morgan fingerprint density at radius 3 is 2.53 bits per heavy atom. The van der Waals surface area contributed by atoms with Crippen LogP contribution in [-0.2, 0) is 14.2 Å². The van der Waals surface area contributed by atoms with Gasteiger partial charge in [-0.25, -0.2) is 0 Å². The van der Waals surface area contributed by atoms with Gasteiger partial charge in [0.1, 0.15) is 0 Å². The van der Waals surface area contributed by atoms with E-state index in [0.717, 1.165) is 13.0 Å². The molecular formula is C12H20O3. The summed E-state index contributed by atoms with van der Waals surface area (Å²) in [5, 5.41) is 0. The highest BCUT2D eigenvalue weighted by molar-refractivity contribution is 5.17. The Morgan fingerprint density at radius 1 is 1.40 bits per heavy atom. The molecule has 0 radical (unpaired) electrons. The van der Waals surface area contributed by atoms with Crippen LogP contribution in [0.4, 0.5) is 0 Å². The van der Waals surface area contributed by atoms with Crippen molar-refractivity contribution in [3.05, 3.63) is 0 Å². The molecule has 1 aliphatic carbocycles. The van der Waals surface area contributed by atoms with Crippen molar-refractivity contribution in [2.24, 2.45) is 5.92 Å². The lowest BCUT2D eigenvalue weighted by Gasteiger charge is -2.38. The molecule has 0 unspecified atom stereocenters. The third-order valence-corrected chi connectivity index (χ3v) is 4.64. The van der Waals surface area contributed by atoms with Gasteiger partial charge in [-0.05, 0) is 33.1 Å². The molecule has 0 aromatic heterocycles. The van der Waals surface area contributed by atoms with Crippen LogP contribution in [0, 0.1) is 5.92 Å². The molecule has 3 aliphatic rings. The molecule has 3 rings (SSSR count). The minimum Gasteiger partial charge on any atom is -0.381 e. The molecule has 2 saturated heterocycles. The molecule has 15 heavy (non-hydrogen) atoms. The molecule has 0 aromatic carbocycles. The van der Waals surface area contributed by atoms with Gasteiger partial charge in [0.15, 0.2) is 0 Å². The van der Waals surface area contributed by atoms with E-state index in [1.165, 1.54) is 12.8 Å². The van der Waals surface area contributed by atoms with Crippen LogP contribution in [0.1, 0.15) is 33.1 Å². The van der Waals surface area contributed by atoms with Crippen molar-refractivity contribution >= 4 is 0 Å². The predicted octanol–water partition coefficient (Wildman–Crippen LogP) is 1.75. The molecule has 1 saturated carbocycles. The van der Waals surface area contributed by atoms with Crippen LogP contribution in [0.2, 0.25) is 0 Å². The van der Waals surface area contributed by atoms with Gasteiger partial charge < -0.3 is 14.2 Å².